The molecule has 1 saturated heterocycles. The molecule has 0 unspecified atom stereocenters. The van der Waals surface area contributed by atoms with E-state index in [0.29, 0.717) is 12.1 Å². The van der Waals surface area contributed by atoms with Crippen LogP contribution >= 0.6 is 0 Å². The molecule has 1 aliphatic rings. The third kappa shape index (κ3) is 4.75. The van der Waals surface area contributed by atoms with Gasteiger partial charge in [-0.05, 0) is 38.8 Å². The van der Waals surface area contributed by atoms with Crippen LogP contribution in [0, 0.1) is 0 Å². The van der Waals surface area contributed by atoms with Gasteiger partial charge in [-0.15, -0.1) is 0 Å². The fourth-order valence-corrected chi connectivity index (χ4v) is 3.41. The smallest absolute Gasteiger partial charge is 0.191 e. The number of likely N-dealkylation sites (tertiary alicyclic amines) is 1. The largest absolute Gasteiger partial charge is 0.461 e. The Morgan fingerprint density at radius 2 is 2.04 bits per heavy atom. The number of guanidine groups is 1. The van der Waals surface area contributed by atoms with Crippen LogP contribution in [0.4, 0.5) is 0 Å². The summed E-state index contributed by atoms with van der Waals surface area (Å²) in [6.07, 6.45) is 3.19. The highest BCUT2D eigenvalue weighted by atomic mass is 16.3. The lowest BCUT2D eigenvalue weighted by Gasteiger charge is -2.35. The molecular formula is C20H30N4O. The van der Waals surface area contributed by atoms with Gasteiger partial charge >= 0.3 is 0 Å². The number of piperidine rings is 1. The van der Waals surface area contributed by atoms with Crippen LogP contribution in [0.25, 0.3) is 11.0 Å². The van der Waals surface area contributed by atoms with Gasteiger partial charge in [0.15, 0.2) is 5.96 Å². The van der Waals surface area contributed by atoms with Gasteiger partial charge in [-0.1, -0.05) is 18.2 Å². The molecule has 0 radical (unpaired) electrons. The van der Waals surface area contributed by atoms with E-state index in [1.165, 1.54) is 12.8 Å². The van der Waals surface area contributed by atoms with E-state index >= 15 is 0 Å². The summed E-state index contributed by atoms with van der Waals surface area (Å²) in [6, 6.07) is 11.4. The Morgan fingerprint density at radius 3 is 2.72 bits per heavy atom. The van der Waals surface area contributed by atoms with Crippen molar-refractivity contribution >= 4 is 16.9 Å². The van der Waals surface area contributed by atoms with Crippen molar-refractivity contribution in [2.45, 2.75) is 45.2 Å². The van der Waals surface area contributed by atoms with Crippen LogP contribution in [0.15, 0.2) is 39.7 Å². The molecule has 0 amide bonds. The SMILES string of the molecule is CN=C(NCCc1cc2ccccc2o1)NC1CCN(C(C)C)CC1. The molecule has 25 heavy (non-hydrogen) atoms. The van der Waals surface area contributed by atoms with Crippen LogP contribution < -0.4 is 10.6 Å². The van der Waals surface area contributed by atoms with E-state index in [-0.39, 0.29) is 0 Å². The molecule has 0 spiro atoms. The van der Waals surface area contributed by atoms with Crippen LogP contribution in [-0.4, -0.2) is 49.6 Å². The van der Waals surface area contributed by atoms with E-state index in [2.05, 4.69) is 46.5 Å². The molecule has 136 valence electrons. The first-order chi connectivity index (χ1) is 12.2. The topological polar surface area (TPSA) is 52.8 Å². The summed E-state index contributed by atoms with van der Waals surface area (Å²) in [5.74, 6) is 1.90. The molecule has 1 fully saturated rings. The maximum atomic E-state index is 5.86. The van der Waals surface area contributed by atoms with Gasteiger partial charge in [-0.2, -0.15) is 0 Å². The number of furan rings is 1. The second kappa shape index (κ2) is 8.39. The molecule has 0 aliphatic carbocycles. The lowest BCUT2D eigenvalue weighted by Crippen LogP contribution is -2.50. The van der Waals surface area contributed by atoms with Crippen molar-refractivity contribution in [2.75, 3.05) is 26.7 Å². The van der Waals surface area contributed by atoms with E-state index in [0.717, 1.165) is 48.7 Å². The quantitative estimate of drug-likeness (QED) is 0.648. The Hall–Kier alpha value is -2.01. The van der Waals surface area contributed by atoms with Gasteiger partial charge in [-0.3, -0.25) is 4.99 Å². The van der Waals surface area contributed by atoms with Gasteiger partial charge in [0.05, 0.1) is 0 Å². The summed E-state index contributed by atoms with van der Waals surface area (Å²) < 4.78 is 5.86. The molecule has 2 aromatic rings. The number of nitrogens with zero attached hydrogens (tertiary/aromatic N) is 2. The molecule has 2 N–H and O–H groups in total. The highest BCUT2D eigenvalue weighted by Crippen LogP contribution is 2.18. The average Bonchev–Trinajstić information content (AvgIpc) is 3.04. The summed E-state index contributed by atoms with van der Waals surface area (Å²) in [5, 5.41) is 8.13. The van der Waals surface area contributed by atoms with Crippen molar-refractivity contribution < 1.29 is 4.42 Å². The number of rotatable bonds is 5. The zero-order chi connectivity index (χ0) is 17.6. The number of hydrogen-bond acceptors (Lipinski definition) is 3. The predicted molar refractivity (Wildman–Crippen MR) is 104 cm³/mol. The van der Waals surface area contributed by atoms with Gasteiger partial charge in [0.1, 0.15) is 11.3 Å². The van der Waals surface area contributed by atoms with Gasteiger partial charge in [0, 0.05) is 50.6 Å². The van der Waals surface area contributed by atoms with Gasteiger partial charge < -0.3 is 20.0 Å². The number of benzene rings is 1. The minimum atomic E-state index is 0.507. The lowest BCUT2D eigenvalue weighted by atomic mass is 10.0. The minimum absolute atomic E-state index is 0.507. The van der Waals surface area contributed by atoms with Crippen molar-refractivity contribution in [2.24, 2.45) is 4.99 Å². The second-order valence-corrected chi connectivity index (χ2v) is 7.05. The van der Waals surface area contributed by atoms with Gasteiger partial charge in [-0.25, -0.2) is 0 Å². The number of fused-ring (bicyclic) bond motifs is 1. The number of aliphatic imine (C=N–C) groups is 1. The van der Waals surface area contributed by atoms with Crippen molar-refractivity contribution in [1.29, 1.82) is 0 Å². The molecule has 0 saturated carbocycles. The highest BCUT2D eigenvalue weighted by Gasteiger charge is 2.21. The van der Waals surface area contributed by atoms with Crippen molar-refractivity contribution in [3.8, 4) is 0 Å². The maximum absolute atomic E-state index is 5.86. The number of para-hydroxylation sites is 1. The Balaban J connectivity index is 1.43. The summed E-state index contributed by atoms with van der Waals surface area (Å²) in [5.41, 5.74) is 0.955. The fourth-order valence-electron chi connectivity index (χ4n) is 3.41. The minimum Gasteiger partial charge on any atom is -0.461 e. The monoisotopic (exact) mass is 342 g/mol. The molecule has 2 heterocycles. The van der Waals surface area contributed by atoms with Crippen molar-refractivity contribution in [3.63, 3.8) is 0 Å². The molecular weight excluding hydrogens is 312 g/mol. The normalized spacial score (nSPS) is 17.4. The van der Waals surface area contributed by atoms with Crippen LogP contribution in [0.5, 0.6) is 0 Å². The van der Waals surface area contributed by atoms with Gasteiger partial charge in [0.2, 0.25) is 0 Å². The average molecular weight is 342 g/mol. The molecule has 0 bridgehead atoms. The summed E-state index contributed by atoms with van der Waals surface area (Å²) in [6.45, 7) is 7.67. The Kier molecular flexibility index (Phi) is 5.97. The number of hydrogen-bond donors (Lipinski definition) is 2. The summed E-state index contributed by atoms with van der Waals surface area (Å²) in [4.78, 5) is 6.90. The summed E-state index contributed by atoms with van der Waals surface area (Å²) >= 11 is 0. The number of nitrogens with one attached hydrogen (secondary N) is 2. The third-order valence-electron chi connectivity index (χ3n) is 4.96. The first-order valence-electron chi connectivity index (χ1n) is 9.34. The molecule has 0 atom stereocenters. The predicted octanol–water partition coefficient (Wildman–Crippen LogP) is 3.01. The Labute approximate surface area is 150 Å². The Morgan fingerprint density at radius 1 is 1.28 bits per heavy atom. The first kappa shape index (κ1) is 17.8. The summed E-state index contributed by atoms with van der Waals surface area (Å²) in [7, 11) is 1.83. The molecule has 1 aliphatic heterocycles. The van der Waals surface area contributed by atoms with E-state index in [9.17, 15) is 0 Å². The third-order valence-corrected chi connectivity index (χ3v) is 4.96. The van der Waals surface area contributed by atoms with Crippen LogP contribution in [-0.2, 0) is 6.42 Å². The van der Waals surface area contributed by atoms with Crippen LogP contribution in [0.3, 0.4) is 0 Å². The second-order valence-electron chi connectivity index (χ2n) is 7.05. The molecule has 1 aromatic heterocycles. The lowest BCUT2D eigenvalue weighted by molar-refractivity contribution is 0.167. The highest BCUT2D eigenvalue weighted by molar-refractivity contribution is 5.80. The van der Waals surface area contributed by atoms with E-state index in [1.54, 1.807) is 0 Å². The van der Waals surface area contributed by atoms with E-state index < -0.39 is 0 Å². The zero-order valence-electron chi connectivity index (χ0n) is 15.6. The van der Waals surface area contributed by atoms with Crippen molar-refractivity contribution in [1.82, 2.24) is 15.5 Å². The Bertz CT molecular complexity index is 666. The maximum Gasteiger partial charge on any atom is 0.191 e. The molecule has 1 aromatic carbocycles. The molecule has 5 nitrogen and oxygen atoms in total. The van der Waals surface area contributed by atoms with Crippen molar-refractivity contribution in [3.05, 3.63) is 36.1 Å². The molecule has 3 rings (SSSR count). The van der Waals surface area contributed by atoms with Crippen LogP contribution in [0.2, 0.25) is 0 Å². The van der Waals surface area contributed by atoms with E-state index in [4.69, 9.17) is 4.42 Å². The zero-order valence-corrected chi connectivity index (χ0v) is 15.6. The standard InChI is InChI=1S/C20H30N4O/c1-15(2)24-12-9-17(10-13-24)23-20(21-3)22-11-8-18-14-16-6-4-5-7-19(16)25-18/h4-7,14-15,17H,8-13H2,1-3H3,(H2,21,22,23). The van der Waals surface area contributed by atoms with E-state index in [1.807, 2.05) is 25.2 Å². The van der Waals surface area contributed by atoms with Crippen LogP contribution in [0.1, 0.15) is 32.4 Å². The fraction of sp³-hybridized carbons (Fsp3) is 0.550. The van der Waals surface area contributed by atoms with Gasteiger partial charge in [0.25, 0.3) is 0 Å². The first-order valence-corrected chi connectivity index (χ1v) is 9.34. The molecule has 5 heteroatoms.